The molecule has 1 aromatic rings. The average molecular weight is 674 g/mol. The second kappa shape index (κ2) is 16.3. The Balaban J connectivity index is 1.95. The average Bonchev–Trinajstić information content (AvgIpc) is 2.97. The molecule has 1 aliphatic carbocycles. The van der Waals surface area contributed by atoms with E-state index < -0.39 is 24.2 Å². The summed E-state index contributed by atoms with van der Waals surface area (Å²) in [5.41, 5.74) is 0.986. The van der Waals surface area contributed by atoms with Crippen molar-refractivity contribution in [2.45, 2.75) is 44.1 Å². The Morgan fingerprint density at radius 1 is 1.30 bits per heavy atom. The van der Waals surface area contributed by atoms with Crippen LogP contribution in [0, 0.1) is 3.57 Å². The Labute approximate surface area is 248 Å². The molecule has 1 aromatic carbocycles. The molecule has 1 saturated heterocycles. The number of benzene rings is 1. The molecule has 2 amide bonds. The summed E-state index contributed by atoms with van der Waals surface area (Å²) in [6, 6.07) is 2.66. The number of methoxy groups -OCH3 is 1. The fraction of sp³-hybridized carbons (Fsp3) is 0.571. The number of hydrogen-bond donors (Lipinski definition) is 4. The number of hydrogen-bond acceptors (Lipinski definition) is 9. The fourth-order valence-electron chi connectivity index (χ4n) is 4.81. The van der Waals surface area contributed by atoms with Crippen molar-refractivity contribution in [1.82, 2.24) is 15.1 Å². The number of amides is 2. The van der Waals surface area contributed by atoms with Crippen molar-refractivity contribution in [3.8, 4) is 11.5 Å². The summed E-state index contributed by atoms with van der Waals surface area (Å²) in [6.07, 6.45) is 1.96. The van der Waals surface area contributed by atoms with Crippen LogP contribution >= 0.6 is 22.6 Å². The third-order valence-electron chi connectivity index (χ3n) is 6.98. The van der Waals surface area contributed by atoms with Crippen molar-refractivity contribution < 1.29 is 39.1 Å². The van der Waals surface area contributed by atoms with Gasteiger partial charge in [-0.25, -0.2) is 0 Å². The number of morpholine rings is 1. The lowest BCUT2D eigenvalue weighted by Gasteiger charge is -2.41. The number of ether oxygens (including phenoxy) is 3. The zero-order chi connectivity index (χ0) is 29.1. The van der Waals surface area contributed by atoms with E-state index in [0.29, 0.717) is 58.9 Å². The first-order chi connectivity index (χ1) is 19.3. The molecule has 3 rings (SSSR count). The summed E-state index contributed by atoms with van der Waals surface area (Å²) in [7, 11) is 1.48. The van der Waals surface area contributed by atoms with Crippen LogP contribution in [0.1, 0.15) is 24.8 Å². The summed E-state index contributed by atoms with van der Waals surface area (Å²) in [5, 5.41) is 33.1. The molecule has 0 saturated carbocycles. The second-order valence-corrected chi connectivity index (χ2v) is 10.8. The van der Waals surface area contributed by atoms with Crippen molar-refractivity contribution in [3.05, 3.63) is 45.6 Å². The number of aliphatic hydroxyl groups is 3. The summed E-state index contributed by atoms with van der Waals surface area (Å²) >= 11 is 2.07. The van der Waals surface area contributed by atoms with Gasteiger partial charge in [-0.05, 0) is 52.8 Å². The molecule has 0 aromatic heterocycles. The molecule has 2 aliphatic rings. The highest BCUT2D eigenvalue weighted by Crippen LogP contribution is 2.37. The third-order valence-corrected chi connectivity index (χ3v) is 7.79. The van der Waals surface area contributed by atoms with Gasteiger partial charge < -0.3 is 39.7 Å². The predicted molar refractivity (Wildman–Crippen MR) is 157 cm³/mol. The quantitative estimate of drug-likeness (QED) is 0.167. The van der Waals surface area contributed by atoms with E-state index in [1.807, 2.05) is 0 Å². The summed E-state index contributed by atoms with van der Waals surface area (Å²) in [5.74, 6) is 0.182. The minimum Gasteiger partial charge on any atom is -0.493 e. The van der Waals surface area contributed by atoms with Crippen LogP contribution < -0.4 is 14.8 Å². The number of rotatable bonds is 14. The number of nitrogens with zero attached hydrogens (tertiary/aromatic N) is 2. The molecule has 3 atom stereocenters. The van der Waals surface area contributed by atoms with E-state index in [9.17, 15) is 24.9 Å². The first-order valence-electron chi connectivity index (χ1n) is 13.4. The number of aliphatic hydroxyl groups excluding tert-OH is 3. The molecule has 1 heterocycles. The predicted octanol–water partition coefficient (Wildman–Crippen LogP) is 0.835. The number of carbonyl (C=O) groups is 2. The molecule has 12 heteroatoms. The van der Waals surface area contributed by atoms with Gasteiger partial charge in [0.2, 0.25) is 11.8 Å². The minimum absolute atomic E-state index is 0.0717. The van der Waals surface area contributed by atoms with Gasteiger partial charge in [-0.15, -0.1) is 6.58 Å². The van der Waals surface area contributed by atoms with Crippen molar-refractivity contribution in [1.29, 1.82) is 0 Å². The van der Waals surface area contributed by atoms with Crippen LogP contribution in [0.15, 0.2) is 36.4 Å². The Morgan fingerprint density at radius 3 is 2.70 bits per heavy atom. The fourth-order valence-corrected chi connectivity index (χ4v) is 5.61. The topological polar surface area (TPSA) is 141 Å². The number of carbonyl (C=O) groups excluding carboxylic acids is 2. The molecular formula is C28H40IN3O8. The van der Waals surface area contributed by atoms with Gasteiger partial charge in [0.15, 0.2) is 11.5 Å². The van der Waals surface area contributed by atoms with E-state index in [1.165, 1.54) is 7.11 Å². The Morgan fingerprint density at radius 2 is 2.05 bits per heavy atom. The maximum absolute atomic E-state index is 13.4. The number of halogens is 1. The van der Waals surface area contributed by atoms with Crippen LogP contribution in [-0.2, 0) is 20.9 Å². The number of nitrogens with one attached hydrogen (secondary N) is 1. The molecule has 0 spiro atoms. The molecule has 40 heavy (non-hydrogen) atoms. The van der Waals surface area contributed by atoms with Crippen molar-refractivity contribution >= 4 is 34.4 Å². The first-order valence-corrected chi connectivity index (χ1v) is 14.5. The van der Waals surface area contributed by atoms with E-state index in [-0.39, 0.29) is 38.5 Å². The Bertz CT molecular complexity index is 1050. The SMILES string of the molecule is C=CCCC(=O)N(CCN1CCOCC1)[C@@H]1CC(C(=O)NCCO)=C[C@H](Oc2c(I)cc(CO)cc2OC)[C@H]1O. The monoisotopic (exact) mass is 673 g/mol. The molecule has 1 aliphatic heterocycles. The maximum atomic E-state index is 13.4. The summed E-state index contributed by atoms with van der Waals surface area (Å²) in [4.78, 5) is 30.3. The minimum atomic E-state index is -1.15. The zero-order valence-corrected chi connectivity index (χ0v) is 25.0. The van der Waals surface area contributed by atoms with E-state index >= 15 is 0 Å². The highest BCUT2D eigenvalue weighted by molar-refractivity contribution is 14.1. The van der Waals surface area contributed by atoms with Crippen LogP contribution in [0.4, 0.5) is 0 Å². The second-order valence-electron chi connectivity index (χ2n) is 9.65. The van der Waals surface area contributed by atoms with Crippen LogP contribution in [0.2, 0.25) is 0 Å². The standard InChI is InChI=1S/C28H40IN3O8/c1-3-4-5-25(35)32(8-7-31-9-12-39-13-10-31)22-16-20(28(37)30-6-11-33)17-23(26(22)36)40-27-21(29)14-19(18-34)15-24(27)38-2/h3,14-15,17,22-23,26,33-34,36H,1,4-13,16,18H2,2H3,(H,30,37)/t22-,23+,26+/m1/s1. The van der Waals surface area contributed by atoms with Crippen LogP contribution in [0.3, 0.4) is 0 Å². The molecule has 0 radical (unpaired) electrons. The van der Waals surface area contributed by atoms with Crippen LogP contribution in [-0.4, -0.2) is 115 Å². The zero-order valence-electron chi connectivity index (χ0n) is 22.9. The van der Waals surface area contributed by atoms with Crippen molar-refractivity contribution in [3.63, 3.8) is 0 Å². The van der Waals surface area contributed by atoms with Gasteiger partial charge in [0.25, 0.3) is 0 Å². The van der Waals surface area contributed by atoms with E-state index in [1.54, 1.807) is 29.2 Å². The number of allylic oxidation sites excluding steroid dienone is 1. The van der Waals surface area contributed by atoms with E-state index in [4.69, 9.17) is 14.2 Å². The largest absolute Gasteiger partial charge is 0.493 e. The van der Waals surface area contributed by atoms with Gasteiger partial charge in [-0.1, -0.05) is 6.08 Å². The van der Waals surface area contributed by atoms with Crippen molar-refractivity contribution in [2.75, 3.05) is 59.7 Å². The van der Waals surface area contributed by atoms with Gasteiger partial charge in [0.05, 0.1) is 43.1 Å². The van der Waals surface area contributed by atoms with Gasteiger partial charge >= 0.3 is 0 Å². The molecule has 0 unspecified atom stereocenters. The van der Waals surface area contributed by atoms with Crippen molar-refractivity contribution in [2.24, 2.45) is 0 Å². The lowest BCUT2D eigenvalue weighted by Crippen LogP contribution is -2.56. The van der Waals surface area contributed by atoms with Gasteiger partial charge in [-0.2, -0.15) is 0 Å². The maximum Gasteiger partial charge on any atom is 0.247 e. The van der Waals surface area contributed by atoms with Gasteiger partial charge in [0.1, 0.15) is 12.2 Å². The Kier molecular flexibility index (Phi) is 13.1. The molecule has 0 bridgehead atoms. The lowest BCUT2D eigenvalue weighted by molar-refractivity contribution is -0.139. The lowest BCUT2D eigenvalue weighted by atomic mass is 9.88. The Hall–Kier alpha value is -2.23. The van der Waals surface area contributed by atoms with Crippen LogP contribution in [0.25, 0.3) is 0 Å². The molecule has 4 N–H and O–H groups in total. The van der Waals surface area contributed by atoms with Gasteiger partial charge in [0, 0.05) is 51.1 Å². The van der Waals surface area contributed by atoms with E-state index in [2.05, 4.69) is 39.4 Å². The van der Waals surface area contributed by atoms with Crippen LogP contribution in [0.5, 0.6) is 11.5 Å². The van der Waals surface area contributed by atoms with E-state index in [0.717, 1.165) is 13.1 Å². The third kappa shape index (κ3) is 8.63. The highest BCUT2D eigenvalue weighted by Gasteiger charge is 2.41. The first kappa shape index (κ1) is 32.3. The smallest absolute Gasteiger partial charge is 0.247 e. The normalized spacial score (nSPS) is 21.3. The summed E-state index contributed by atoms with van der Waals surface area (Å²) < 4.78 is 17.9. The molecule has 1 fully saturated rings. The molecular weight excluding hydrogens is 633 g/mol. The molecule has 11 nitrogen and oxygen atoms in total. The molecule has 222 valence electrons. The van der Waals surface area contributed by atoms with Gasteiger partial charge in [-0.3, -0.25) is 14.5 Å². The highest BCUT2D eigenvalue weighted by atomic mass is 127. The summed E-state index contributed by atoms with van der Waals surface area (Å²) in [6.45, 7) is 7.12.